The minimum atomic E-state index is -1.08. The molecule has 0 amide bonds. The van der Waals surface area contributed by atoms with Crippen molar-refractivity contribution in [2.24, 2.45) is 0 Å². The van der Waals surface area contributed by atoms with E-state index in [0.29, 0.717) is 5.56 Å². The maximum atomic E-state index is 11.1. The second-order valence-electron chi connectivity index (χ2n) is 3.68. The molecule has 5 nitrogen and oxygen atoms in total. The topological polar surface area (TPSA) is 75.3 Å². The monoisotopic (exact) mass is 358 g/mol. The molecular formula is C12H11IN2O3. The van der Waals surface area contributed by atoms with Crippen LogP contribution >= 0.6 is 22.6 Å². The third-order valence-electron chi connectivity index (χ3n) is 2.47. The van der Waals surface area contributed by atoms with Crippen molar-refractivity contribution in [1.29, 1.82) is 0 Å². The predicted octanol–water partition coefficient (Wildman–Crippen LogP) is 1.71. The van der Waals surface area contributed by atoms with Crippen molar-refractivity contribution >= 4 is 28.6 Å². The van der Waals surface area contributed by atoms with Gasteiger partial charge in [0.1, 0.15) is 0 Å². The van der Waals surface area contributed by atoms with Gasteiger partial charge in [-0.15, -0.1) is 0 Å². The highest BCUT2D eigenvalue weighted by atomic mass is 127. The van der Waals surface area contributed by atoms with E-state index in [9.17, 15) is 4.79 Å². The molecule has 0 aliphatic rings. The number of hydrogen-bond donors (Lipinski definition) is 2. The van der Waals surface area contributed by atoms with Crippen LogP contribution in [0.1, 0.15) is 16.1 Å². The molecule has 1 aromatic carbocycles. The molecule has 2 N–H and O–H groups in total. The summed E-state index contributed by atoms with van der Waals surface area (Å²) in [4.78, 5) is 11.1. The van der Waals surface area contributed by atoms with Gasteiger partial charge in [-0.1, -0.05) is 12.1 Å². The summed E-state index contributed by atoms with van der Waals surface area (Å²) in [5.74, 6) is -1.08. The highest BCUT2D eigenvalue weighted by Gasteiger charge is 2.16. The molecule has 0 radical (unpaired) electrons. The Balaban J connectivity index is 2.50. The number of nitrogens with zero attached hydrogens (tertiary/aromatic N) is 2. The Morgan fingerprint density at radius 2 is 2.11 bits per heavy atom. The number of rotatable bonds is 4. The number of carboxylic acids is 1. The van der Waals surface area contributed by atoms with E-state index in [0.717, 1.165) is 9.26 Å². The van der Waals surface area contributed by atoms with Gasteiger partial charge in [0.05, 0.1) is 5.69 Å². The highest BCUT2D eigenvalue weighted by Crippen LogP contribution is 2.18. The molecule has 1 aromatic heterocycles. The SMILES string of the molecule is O=C(O)c1nn(-c2ccccc2I)cc1CCO. The summed E-state index contributed by atoms with van der Waals surface area (Å²) >= 11 is 2.17. The highest BCUT2D eigenvalue weighted by molar-refractivity contribution is 14.1. The second kappa shape index (κ2) is 5.49. The Morgan fingerprint density at radius 1 is 1.39 bits per heavy atom. The first kappa shape index (κ1) is 13.0. The average molecular weight is 358 g/mol. The van der Waals surface area contributed by atoms with Gasteiger partial charge in [0.25, 0.3) is 0 Å². The van der Waals surface area contributed by atoms with Crippen molar-refractivity contribution in [3.8, 4) is 5.69 Å². The Morgan fingerprint density at radius 3 is 2.72 bits per heavy atom. The van der Waals surface area contributed by atoms with E-state index in [1.54, 1.807) is 6.20 Å². The van der Waals surface area contributed by atoms with E-state index < -0.39 is 5.97 Å². The summed E-state index contributed by atoms with van der Waals surface area (Å²) in [5.41, 5.74) is 1.35. The third kappa shape index (κ3) is 2.54. The zero-order valence-electron chi connectivity index (χ0n) is 9.38. The molecule has 0 atom stereocenters. The standard InChI is InChI=1S/C12H11IN2O3/c13-9-3-1-2-4-10(9)15-7-8(5-6-16)11(14-15)12(17)18/h1-4,7,16H,5-6H2,(H,17,18). The number of aliphatic hydroxyl groups is 1. The zero-order valence-corrected chi connectivity index (χ0v) is 11.5. The fraction of sp³-hybridized carbons (Fsp3) is 0.167. The van der Waals surface area contributed by atoms with E-state index in [1.165, 1.54) is 4.68 Å². The smallest absolute Gasteiger partial charge is 0.356 e. The fourth-order valence-corrected chi connectivity index (χ4v) is 2.29. The maximum absolute atomic E-state index is 11.1. The van der Waals surface area contributed by atoms with Crippen molar-refractivity contribution in [3.63, 3.8) is 0 Å². The van der Waals surface area contributed by atoms with Crippen molar-refractivity contribution in [1.82, 2.24) is 9.78 Å². The van der Waals surface area contributed by atoms with Crippen molar-refractivity contribution in [2.45, 2.75) is 6.42 Å². The van der Waals surface area contributed by atoms with Crippen LogP contribution in [0.5, 0.6) is 0 Å². The first-order chi connectivity index (χ1) is 8.63. The summed E-state index contributed by atoms with van der Waals surface area (Å²) in [7, 11) is 0. The molecule has 2 rings (SSSR count). The number of aromatic nitrogens is 2. The lowest BCUT2D eigenvalue weighted by atomic mass is 10.2. The van der Waals surface area contributed by atoms with Crippen LogP contribution in [0.2, 0.25) is 0 Å². The summed E-state index contributed by atoms with van der Waals surface area (Å²) < 4.78 is 2.51. The van der Waals surface area contributed by atoms with Gasteiger partial charge in [-0.3, -0.25) is 0 Å². The van der Waals surface area contributed by atoms with Crippen LogP contribution in [-0.2, 0) is 6.42 Å². The normalized spacial score (nSPS) is 10.6. The summed E-state index contributed by atoms with van der Waals surface area (Å²) in [6, 6.07) is 7.56. The van der Waals surface area contributed by atoms with Crippen LogP contribution in [0.4, 0.5) is 0 Å². The second-order valence-corrected chi connectivity index (χ2v) is 4.84. The number of carbonyl (C=O) groups is 1. The van der Waals surface area contributed by atoms with Gasteiger partial charge in [0.15, 0.2) is 5.69 Å². The zero-order chi connectivity index (χ0) is 13.1. The Hall–Kier alpha value is -1.41. The number of hydrogen-bond acceptors (Lipinski definition) is 3. The largest absolute Gasteiger partial charge is 0.476 e. The van der Waals surface area contributed by atoms with Crippen LogP contribution in [0.15, 0.2) is 30.5 Å². The Labute approximate surface area is 117 Å². The van der Waals surface area contributed by atoms with Crippen LogP contribution in [0.3, 0.4) is 0 Å². The van der Waals surface area contributed by atoms with Crippen LogP contribution in [0.25, 0.3) is 5.69 Å². The van der Waals surface area contributed by atoms with Gasteiger partial charge < -0.3 is 10.2 Å². The van der Waals surface area contributed by atoms with E-state index in [-0.39, 0.29) is 18.7 Å². The molecule has 94 valence electrons. The number of aromatic carboxylic acids is 1. The first-order valence-electron chi connectivity index (χ1n) is 5.31. The van der Waals surface area contributed by atoms with Crippen LogP contribution in [-0.4, -0.2) is 32.6 Å². The number of halogens is 1. The lowest BCUT2D eigenvalue weighted by Gasteiger charge is -2.02. The van der Waals surface area contributed by atoms with Crippen molar-refractivity contribution < 1.29 is 15.0 Å². The minimum Gasteiger partial charge on any atom is -0.476 e. The summed E-state index contributed by atoms with van der Waals surface area (Å²) in [5, 5.41) is 22.1. The number of carboxylic acid groups (broad SMARTS) is 1. The molecule has 0 spiro atoms. The number of benzene rings is 1. The minimum absolute atomic E-state index is 0.0105. The van der Waals surface area contributed by atoms with Gasteiger partial charge in [-0.05, 0) is 41.1 Å². The maximum Gasteiger partial charge on any atom is 0.356 e. The van der Waals surface area contributed by atoms with E-state index >= 15 is 0 Å². The lowest BCUT2D eigenvalue weighted by molar-refractivity contribution is 0.0688. The molecular weight excluding hydrogens is 347 g/mol. The Kier molecular flexibility index (Phi) is 3.97. The molecule has 18 heavy (non-hydrogen) atoms. The molecule has 0 saturated carbocycles. The number of para-hydroxylation sites is 1. The molecule has 0 unspecified atom stereocenters. The summed E-state index contributed by atoms with van der Waals surface area (Å²) in [6.45, 7) is -0.0994. The van der Waals surface area contributed by atoms with Crippen molar-refractivity contribution in [2.75, 3.05) is 6.61 Å². The van der Waals surface area contributed by atoms with Crippen LogP contribution < -0.4 is 0 Å². The molecule has 0 saturated heterocycles. The van der Waals surface area contributed by atoms with Gasteiger partial charge in [-0.25, -0.2) is 9.48 Å². The lowest BCUT2D eigenvalue weighted by Crippen LogP contribution is -2.04. The van der Waals surface area contributed by atoms with Gasteiger partial charge in [0.2, 0.25) is 0 Å². The van der Waals surface area contributed by atoms with E-state index in [2.05, 4.69) is 27.7 Å². The summed E-state index contributed by atoms with van der Waals surface area (Å²) in [6.07, 6.45) is 1.93. The van der Waals surface area contributed by atoms with Crippen LogP contribution in [0, 0.1) is 3.57 Å². The molecule has 1 heterocycles. The first-order valence-corrected chi connectivity index (χ1v) is 6.39. The van der Waals surface area contributed by atoms with E-state index in [1.807, 2.05) is 24.3 Å². The molecule has 6 heteroatoms. The number of aliphatic hydroxyl groups excluding tert-OH is 1. The van der Waals surface area contributed by atoms with Gasteiger partial charge >= 0.3 is 5.97 Å². The molecule has 0 bridgehead atoms. The Bertz CT molecular complexity index is 580. The van der Waals surface area contributed by atoms with Crippen molar-refractivity contribution in [3.05, 3.63) is 45.3 Å². The predicted molar refractivity (Wildman–Crippen MR) is 74.0 cm³/mol. The molecule has 0 aliphatic carbocycles. The van der Waals surface area contributed by atoms with Gasteiger partial charge in [-0.2, -0.15) is 5.10 Å². The molecule has 2 aromatic rings. The quantitative estimate of drug-likeness (QED) is 0.816. The fourth-order valence-electron chi connectivity index (χ4n) is 1.65. The van der Waals surface area contributed by atoms with Gasteiger partial charge in [0, 0.05) is 21.9 Å². The molecule has 0 fully saturated rings. The molecule has 0 aliphatic heterocycles. The van der Waals surface area contributed by atoms with E-state index in [4.69, 9.17) is 10.2 Å². The third-order valence-corrected chi connectivity index (χ3v) is 3.39. The average Bonchev–Trinajstić information content (AvgIpc) is 2.74.